The predicted molar refractivity (Wildman–Crippen MR) is 61.0 cm³/mol. The predicted octanol–water partition coefficient (Wildman–Crippen LogP) is 1.90. The topological polar surface area (TPSA) is 38.0 Å². The summed E-state index contributed by atoms with van der Waals surface area (Å²) in [5.74, 6) is 0. The van der Waals surface area contributed by atoms with Crippen molar-refractivity contribution in [3.8, 4) is 0 Å². The van der Waals surface area contributed by atoms with Crippen molar-refractivity contribution in [3.05, 3.63) is 35.9 Å². The standard InChI is InChI=1S/C12H20N2/c1-12(2,8-9-13)14-10-11-6-4-3-5-7-11/h3-7,14H,8-10,13H2,1-2H3. The molecule has 0 spiro atoms. The van der Waals surface area contributed by atoms with E-state index in [1.165, 1.54) is 5.56 Å². The molecule has 0 saturated heterocycles. The Kier molecular flexibility index (Phi) is 4.11. The molecule has 78 valence electrons. The summed E-state index contributed by atoms with van der Waals surface area (Å²) in [5.41, 5.74) is 6.99. The summed E-state index contributed by atoms with van der Waals surface area (Å²) in [4.78, 5) is 0. The van der Waals surface area contributed by atoms with Crippen LogP contribution < -0.4 is 11.1 Å². The van der Waals surface area contributed by atoms with Crippen molar-refractivity contribution in [3.63, 3.8) is 0 Å². The van der Waals surface area contributed by atoms with Gasteiger partial charge in [0.2, 0.25) is 0 Å². The van der Waals surface area contributed by atoms with Crippen LogP contribution in [0.3, 0.4) is 0 Å². The summed E-state index contributed by atoms with van der Waals surface area (Å²) in [6.07, 6.45) is 1.000. The highest BCUT2D eigenvalue weighted by Gasteiger charge is 2.14. The highest BCUT2D eigenvalue weighted by molar-refractivity contribution is 5.14. The molecule has 2 nitrogen and oxygen atoms in total. The molecule has 0 unspecified atom stereocenters. The first-order chi connectivity index (χ1) is 6.64. The van der Waals surface area contributed by atoms with Crippen LogP contribution in [-0.2, 0) is 6.54 Å². The van der Waals surface area contributed by atoms with Crippen LogP contribution >= 0.6 is 0 Å². The third-order valence-corrected chi connectivity index (χ3v) is 2.38. The van der Waals surface area contributed by atoms with Crippen molar-refractivity contribution in [1.82, 2.24) is 5.32 Å². The van der Waals surface area contributed by atoms with Gasteiger partial charge in [-0.05, 0) is 32.4 Å². The fourth-order valence-corrected chi connectivity index (χ4v) is 1.39. The maximum Gasteiger partial charge on any atom is 0.0210 e. The van der Waals surface area contributed by atoms with Crippen LogP contribution in [0.5, 0.6) is 0 Å². The van der Waals surface area contributed by atoms with Gasteiger partial charge in [-0.1, -0.05) is 30.3 Å². The average Bonchev–Trinajstić information content (AvgIpc) is 2.17. The zero-order valence-corrected chi connectivity index (χ0v) is 9.09. The summed E-state index contributed by atoms with van der Waals surface area (Å²) in [7, 11) is 0. The quantitative estimate of drug-likeness (QED) is 0.748. The van der Waals surface area contributed by atoms with Crippen molar-refractivity contribution in [2.75, 3.05) is 6.54 Å². The van der Waals surface area contributed by atoms with Crippen LogP contribution in [0.25, 0.3) is 0 Å². The molecule has 0 heterocycles. The lowest BCUT2D eigenvalue weighted by Gasteiger charge is -2.25. The van der Waals surface area contributed by atoms with Crippen LogP contribution in [0.15, 0.2) is 30.3 Å². The highest BCUT2D eigenvalue weighted by atomic mass is 15.0. The van der Waals surface area contributed by atoms with E-state index in [1.54, 1.807) is 0 Å². The molecular weight excluding hydrogens is 172 g/mol. The van der Waals surface area contributed by atoms with Crippen molar-refractivity contribution in [1.29, 1.82) is 0 Å². The van der Waals surface area contributed by atoms with Gasteiger partial charge in [0, 0.05) is 12.1 Å². The average molecular weight is 192 g/mol. The number of rotatable bonds is 5. The maximum atomic E-state index is 5.54. The molecular formula is C12H20N2. The van der Waals surface area contributed by atoms with E-state index in [1.807, 2.05) is 6.07 Å². The summed E-state index contributed by atoms with van der Waals surface area (Å²) >= 11 is 0. The van der Waals surface area contributed by atoms with Crippen LogP contribution in [-0.4, -0.2) is 12.1 Å². The minimum Gasteiger partial charge on any atom is -0.330 e. The molecule has 14 heavy (non-hydrogen) atoms. The number of nitrogens with one attached hydrogen (secondary N) is 1. The van der Waals surface area contributed by atoms with Crippen LogP contribution in [0.1, 0.15) is 25.8 Å². The van der Waals surface area contributed by atoms with Gasteiger partial charge in [0.05, 0.1) is 0 Å². The second-order valence-corrected chi connectivity index (χ2v) is 4.26. The molecule has 1 aromatic rings. The van der Waals surface area contributed by atoms with E-state index < -0.39 is 0 Å². The van der Waals surface area contributed by atoms with E-state index >= 15 is 0 Å². The molecule has 0 fully saturated rings. The van der Waals surface area contributed by atoms with Gasteiger partial charge in [-0.2, -0.15) is 0 Å². The molecule has 0 aliphatic heterocycles. The van der Waals surface area contributed by atoms with Gasteiger partial charge in [-0.25, -0.2) is 0 Å². The Morgan fingerprint density at radius 1 is 1.21 bits per heavy atom. The van der Waals surface area contributed by atoms with E-state index in [2.05, 4.69) is 43.4 Å². The fourth-order valence-electron chi connectivity index (χ4n) is 1.39. The summed E-state index contributed by atoms with van der Waals surface area (Å²) in [6, 6.07) is 10.4. The van der Waals surface area contributed by atoms with E-state index in [9.17, 15) is 0 Å². The summed E-state index contributed by atoms with van der Waals surface area (Å²) < 4.78 is 0. The molecule has 3 N–H and O–H groups in total. The lowest BCUT2D eigenvalue weighted by molar-refractivity contribution is 0.365. The number of nitrogens with two attached hydrogens (primary N) is 1. The second-order valence-electron chi connectivity index (χ2n) is 4.26. The third-order valence-electron chi connectivity index (χ3n) is 2.38. The third kappa shape index (κ3) is 3.90. The Hall–Kier alpha value is -0.860. The molecule has 0 saturated carbocycles. The highest BCUT2D eigenvalue weighted by Crippen LogP contribution is 2.08. The van der Waals surface area contributed by atoms with Crippen LogP contribution in [0, 0.1) is 0 Å². The lowest BCUT2D eigenvalue weighted by Crippen LogP contribution is -2.40. The molecule has 1 aromatic carbocycles. The largest absolute Gasteiger partial charge is 0.330 e. The van der Waals surface area contributed by atoms with E-state index in [4.69, 9.17) is 5.73 Å². The molecule has 2 heteroatoms. The Morgan fingerprint density at radius 2 is 1.86 bits per heavy atom. The molecule has 0 atom stereocenters. The van der Waals surface area contributed by atoms with Crippen molar-refractivity contribution in [2.45, 2.75) is 32.4 Å². The van der Waals surface area contributed by atoms with Gasteiger partial charge < -0.3 is 11.1 Å². The minimum absolute atomic E-state index is 0.130. The maximum absolute atomic E-state index is 5.54. The molecule has 0 amide bonds. The zero-order chi connectivity index (χ0) is 10.4. The Labute approximate surface area is 86.5 Å². The Bertz CT molecular complexity index is 254. The monoisotopic (exact) mass is 192 g/mol. The van der Waals surface area contributed by atoms with E-state index in [0.29, 0.717) is 0 Å². The smallest absolute Gasteiger partial charge is 0.0210 e. The summed E-state index contributed by atoms with van der Waals surface area (Å²) in [5, 5.41) is 3.50. The first-order valence-electron chi connectivity index (χ1n) is 5.13. The molecule has 0 aromatic heterocycles. The molecule has 1 rings (SSSR count). The van der Waals surface area contributed by atoms with Gasteiger partial charge in [0.1, 0.15) is 0 Å². The summed E-state index contributed by atoms with van der Waals surface area (Å²) in [6.45, 7) is 6.01. The van der Waals surface area contributed by atoms with E-state index in [0.717, 1.165) is 19.5 Å². The zero-order valence-electron chi connectivity index (χ0n) is 9.09. The second kappa shape index (κ2) is 5.13. The fraction of sp³-hybridized carbons (Fsp3) is 0.500. The molecule has 0 radical (unpaired) electrons. The van der Waals surface area contributed by atoms with E-state index in [-0.39, 0.29) is 5.54 Å². The van der Waals surface area contributed by atoms with Gasteiger partial charge in [-0.3, -0.25) is 0 Å². The van der Waals surface area contributed by atoms with Gasteiger partial charge in [0.15, 0.2) is 0 Å². The molecule has 0 bridgehead atoms. The first kappa shape index (κ1) is 11.2. The van der Waals surface area contributed by atoms with Crippen molar-refractivity contribution in [2.24, 2.45) is 5.73 Å². The van der Waals surface area contributed by atoms with Crippen molar-refractivity contribution >= 4 is 0 Å². The molecule has 0 aliphatic carbocycles. The van der Waals surface area contributed by atoms with Gasteiger partial charge in [0.25, 0.3) is 0 Å². The van der Waals surface area contributed by atoms with Crippen LogP contribution in [0.4, 0.5) is 0 Å². The van der Waals surface area contributed by atoms with Gasteiger partial charge >= 0.3 is 0 Å². The molecule has 0 aliphatic rings. The lowest BCUT2D eigenvalue weighted by atomic mass is 10.0. The Balaban J connectivity index is 2.40. The van der Waals surface area contributed by atoms with Crippen molar-refractivity contribution < 1.29 is 0 Å². The first-order valence-corrected chi connectivity index (χ1v) is 5.13. The Morgan fingerprint density at radius 3 is 2.43 bits per heavy atom. The number of benzene rings is 1. The normalized spacial score (nSPS) is 11.6. The SMILES string of the molecule is CC(C)(CCN)NCc1ccccc1. The van der Waals surface area contributed by atoms with Gasteiger partial charge in [-0.15, -0.1) is 0 Å². The number of hydrogen-bond acceptors (Lipinski definition) is 2. The van der Waals surface area contributed by atoms with Crippen LogP contribution in [0.2, 0.25) is 0 Å². The number of hydrogen-bond donors (Lipinski definition) is 2. The minimum atomic E-state index is 0.130.